The molecule has 8 heteroatoms. The van der Waals surface area contributed by atoms with Crippen LogP contribution in [0.25, 0.3) is 11.1 Å². The van der Waals surface area contributed by atoms with Crippen LogP contribution in [-0.4, -0.2) is 42.3 Å². The van der Waals surface area contributed by atoms with Crippen molar-refractivity contribution in [3.05, 3.63) is 53.7 Å². The van der Waals surface area contributed by atoms with E-state index >= 15 is 0 Å². The number of benzene rings is 2. The zero-order valence-electron chi connectivity index (χ0n) is 17.8. The zero-order valence-corrected chi connectivity index (χ0v) is 17.8. The third kappa shape index (κ3) is 4.62. The quantitative estimate of drug-likeness (QED) is 0.546. The van der Waals surface area contributed by atoms with Gasteiger partial charge in [-0.15, -0.1) is 0 Å². The smallest absolute Gasteiger partial charge is 0.223 e. The minimum Gasteiger partial charge on any atom is -0.493 e. The molecule has 1 saturated heterocycles. The maximum Gasteiger partial charge on any atom is 0.223 e. The molecule has 3 aromatic rings. The van der Waals surface area contributed by atoms with Crippen LogP contribution in [-0.2, 0) is 13.2 Å². The van der Waals surface area contributed by atoms with E-state index in [1.165, 1.54) is 0 Å². The molecule has 0 unspecified atom stereocenters. The Morgan fingerprint density at radius 3 is 2.42 bits per heavy atom. The number of aromatic nitrogens is 2. The number of methoxy groups -OCH3 is 2. The summed E-state index contributed by atoms with van der Waals surface area (Å²) in [5.41, 5.74) is 3.08. The molecule has 1 aromatic heterocycles. The standard InChI is InChI=1S/C23H24N4O4/c1-15-25-23(26-31-15)14-30-20-6-4-17(8-19(20)13-27-11-16(10-24)12-27)18-5-7-21(28-2)22(9-18)29-3/h4-9,16H,11-14H2,1-3H3. The van der Waals surface area contributed by atoms with Gasteiger partial charge in [0.15, 0.2) is 18.1 Å². The topological polar surface area (TPSA) is 93.6 Å². The molecule has 0 radical (unpaired) electrons. The Morgan fingerprint density at radius 1 is 1.06 bits per heavy atom. The summed E-state index contributed by atoms with van der Waals surface area (Å²) >= 11 is 0. The van der Waals surface area contributed by atoms with Crippen molar-refractivity contribution in [2.75, 3.05) is 27.3 Å². The maximum atomic E-state index is 9.08. The molecular formula is C23H24N4O4. The summed E-state index contributed by atoms with van der Waals surface area (Å²) in [6.07, 6.45) is 0. The van der Waals surface area contributed by atoms with Gasteiger partial charge in [-0.05, 0) is 35.4 Å². The molecule has 0 saturated carbocycles. The number of nitrogens with zero attached hydrogens (tertiary/aromatic N) is 4. The van der Waals surface area contributed by atoms with E-state index < -0.39 is 0 Å². The lowest BCUT2D eigenvalue weighted by atomic mass is 9.98. The number of hydrogen-bond donors (Lipinski definition) is 0. The lowest BCUT2D eigenvalue weighted by Gasteiger charge is -2.35. The fourth-order valence-corrected chi connectivity index (χ4v) is 3.60. The van der Waals surface area contributed by atoms with Crippen LogP contribution < -0.4 is 14.2 Å². The van der Waals surface area contributed by atoms with Crippen molar-refractivity contribution in [3.63, 3.8) is 0 Å². The summed E-state index contributed by atoms with van der Waals surface area (Å²) in [6.45, 7) is 4.19. The average molecular weight is 420 g/mol. The van der Waals surface area contributed by atoms with Gasteiger partial charge in [0.2, 0.25) is 11.7 Å². The fraction of sp³-hybridized carbons (Fsp3) is 0.348. The van der Waals surface area contributed by atoms with Gasteiger partial charge in [0, 0.05) is 32.1 Å². The highest BCUT2D eigenvalue weighted by atomic mass is 16.5. The molecular weight excluding hydrogens is 396 g/mol. The molecule has 0 atom stereocenters. The minimum absolute atomic E-state index is 0.0979. The summed E-state index contributed by atoms with van der Waals surface area (Å²) in [6, 6.07) is 14.2. The predicted molar refractivity (Wildman–Crippen MR) is 113 cm³/mol. The molecule has 4 rings (SSSR count). The number of ether oxygens (including phenoxy) is 3. The first-order chi connectivity index (χ1) is 15.1. The second-order valence-electron chi connectivity index (χ2n) is 7.43. The maximum absolute atomic E-state index is 9.08. The van der Waals surface area contributed by atoms with Crippen molar-refractivity contribution < 1.29 is 18.7 Å². The SMILES string of the molecule is COc1ccc(-c2ccc(OCc3noc(C)n3)c(CN3CC(C#N)C3)c2)cc1OC. The Balaban J connectivity index is 1.60. The first-order valence-corrected chi connectivity index (χ1v) is 9.99. The Labute approximate surface area is 181 Å². The highest BCUT2D eigenvalue weighted by molar-refractivity contribution is 5.69. The van der Waals surface area contributed by atoms with Crippen LogP contribution in [0.2, 0.25) is 0 Å². The van der Waals surface area contributed by atoms with Crippen LogP contribution in [0.4, 0.5) is 0 Å². The fourth-order valence-electron chi connectivity index (χ4n) is 3.60. The summed E-state index contributed by atoms with van der Waals surface area (Å²) in [5, 5.41) is 13.0. The molecule has 0 spiro atoms. The summed E-state index contributed by atoms with van der Waals surface area (Å²) < 4.78 is 21.8. The highest BCUT2D eigenvalue weighted by Crippen LogP contribution is 2.35. The van der Waals surface area contributed by atoms with E-state index in [4.69, 9.17) is 24.0 Å². The lowest BCUT2D eigenvalue weighted by molar-refractivity contribution is 0.124. The molecule has 160 valence electrons. The van der Waals surface area contributed by atoms with Crippen molar-refractivity contribution >= 4 is 0 Å². The van der Waals surface area contributed by atoms with E-state index in [2.05, 4.69) is 27.2 Å². The van der Waals surface area contributed by atoms with Crippen LogP contribution in [0.5, 0.6) is 17.2 Å². The number of aryl methyl sites for hydroxylation is 1. The van der Waals surface area contributed by atoms with E-state index in [1.807, 2.05) is 30.3 Å². The van der Waals surface area contributed by atoms with Crippen molar-refractivity contribution in [3.8, 4) is 34.4 Å². The lowest BCUT2D eigenvalue weighted by Crippen LogP contribution is -2.45. The van der Waals surface area contributed by atoms with Crippen molar-refractivity contribution in [1.29, 1.82) is 5.26 Å². The number of rotatable bonds is 8. The molecule has 2 heterocycles. The largest absolute Gasteiger partial charge is 0.493 e. The first-order valence-electron chi connectivity index (χ1n) is 9.99. The van der Waals surface area contributed by atoms with Crippen LogP contribution in [0, 0.1) is 24.2 Å². The second-order valence-corrected chi connectivity index (χ2v) is 7.43. The van der Waals surface area contributed by atoms with Crippen LogP contribution in [0.15, 0.2) is 40.9 Å². The summed E-state index contributed by atoms with van der Waals surface area (Å²) in [4.78, 5) is 6.42. The van der Waals surface area contributed by atoms with E-state index in [1.54, 1.807) is 21.1 Å². The molecule has 1 fully saturated rings. The molecule has 8 nitrogen and oxygen atoms in total. The van der Waals surface area contributed by atoms with Crippen molar-refractivity contribution in [2.24, 2.45) is 5.92 Å². The molecule has 2 aromatic carbocycles. The zero-order chi connectivity index (χ0) is 21.8. The van der Waals surface area contributed by atoms with Gasteiger partial charge in [-0.1, -0.05) is 17.3 Å². The van der Waals surface area contributed by atoms with Crippen molar-refractivity contribution in [1.82, 2.24) is 15.0 Å². The van der Waals surface area contributed by atoms with Gasteiger partial charge < -0.3 is 18.7 Å². The predicted octanol–water partition coefficient (Wildman–Crippen LogP) is 3.60. The number of hydrogen-bond acceptors (Lipinski definition) is 8. The van der Waals surface area contributed by atoms with E-state index in [0.29, 0.717) is 29.8 Å². The van der Waals surface area contributed by atoms with Gasteiger partial charge in [0.25, 0.3) is 0 Å². The van der Waals surface area contributed by atoms with Crippen molar-refractivity contribution in [2.45, 2.75) is 20.1 Å². The normalized spacial score (nSPS) is 14.0. The van der Waals surface area contributed by atoms with Gasteiger partial charge in [0.1, 0.15) is 5.75 Å². The van der Waals surface area contributed by atoms with Gasteiger partial charge >= 0.3 is 0 Å². The average Bonchev–Trinajstić information content (AvgIpc) is 3.19. The van der Waals surface area contributed by atoms with E-state index in [-0.39, 0.29) is 12.5 Å². The van der Waals surface area contributed by atoms with E-state index in [0.717, 1.165) is 35.5 Å². The van der Waals surface area contributed by atoms with Gasteiger partial charge in [-0.25, -0.2) is 0 Å². The third-order valence-electron chi connectivity index (χ3n) is 5.24. The van der Waals surface area contributed by atoms with Crippen LogP contribution in [0.1, 0.15) is 17.3 Å². The van der Waals surface area contributed by atoms with Gasteiger partial charge in [0.05, 0.1) is 26.2 Å². The molecule has 1 aliphatic heterocycles. The molecule has 0 amide bonds. The van der Waals surface area contributed by atoms with Gasteiger partial charge in [-0.3, -0.25) is 4.90 Å². The van der Waals surface area contributed by atoms with Crippen LogP contribution in [0.3, 0.4) is 0 Å². The molecule has 1 aliphatic rings. The molecule has 31 heavy (non-hydrogen) atoms. The number of nitriles is 1. The van der Waals surface area contributed by atoms with E-state index in [9.17, 15) is 0 Å². The monoisotopic (exact) mass is 420 g/mol. The van der Waals surface area contributed by atoms with Gasteiger partial charge in [-0.2, -0.15) is 10.2 Å². The Kier molecular flexibility index (Phi) is 6.05. The first kappa shape index (κ1) is 20.7. The Hall–Kier alpha value is -3.57. The highest BCUT2D eigenvalue weighted by Gasteiger charge is 2.27. The third-order valence-corrected chi connectivity index (χ3v) is 5.24. The molecule has 0 aliphatic carbocycles. The molecule has 0 bridgehead atoms. The van der Waals surface area contributed by atoms with Crippen LogP contribution >= 0.6 is 0 Å². The summed E-state index contributed by atoms with van der Waals surface area (Å²) in [5.74, 6) is 3.22. The Bertz CT molecular complexity index is 1100. The minimum atomic E-state index is 0.0979. The second kappa shape index (κ2) is 9.06. The molecule has 0 N–H and O–H groups in total. The Morgan fingerprint density at radius 2 is 1.77 bits per heavy atom. The number of likely N-dealkylation sites (tertiary alicyclic amines) is 1. The summed E-state index contributed by atoms with van der Waals surface area (Å²) in [7, 11) is 3.24.